The second-order valence-corrected chi connectivity index (χ2v) is 7.51. The van der Waals surface area contributed by atoms with Gasteiger partial charge in [-0.05, 0) is 43.6 Å². The molecule has 0 heterocycles. The number of carbonyl (C=O) groups excluding carboxylic acids is 1. The number of hydrogen-bond donors (Lipinski definition) is 0. The van der Waals surface area contributed by atoms with E-state index in [-0.39, 0.29) is 0 Å². The highest BCUT2D eigenvalue weighted by atomic mass is 16.1. The van der Waals surface area contributed by atoms with Gasteiger partial charge in [-0.15, -0.1) is 0 Å². The minimum atomic E-state index is 0.830. The molecule has 0 amide bonds. The number of allylic oxidation sites excluding steroid dienone is 2. The van der Waals surface area contributed by atoms with Gasteiger partial charge in [-0.2, -0.15) is 0 Å². The van der Waals surface area contributed by atoms with Gasteiger partial charge in [0.1, 0.15) is 6.29 Å². The average Bonchev–Trinajstić information content (AvgIpc) is 2.38. The number of carbonyl (C=O) groups is 1. The molecule has 0 rings (SSSR count). The molecule has 0 aliphatic heterocycles. The molecule has 0 radical (unpaired) electrons. The molecular formula is C20H38O. The van der Waals surface area contributed by atoms with E-state index in [1.165, 1.54) is 56.9 Å². The van der Waals surface area contributed by atoms with Gasteiger partial charge in [0, 0.05) is 0 Å². The summed E-state index contributed by atoms with van der Waals surface area (Å²) in [5.41, 5.74) is 1.22. The Kier molecular flexibility index (Phi) is 12.7. The van der Waals surface area contributed by atoms with Crippen LogP contribution in [0.1, 0.15) is 92.4 Å². The summed E-state index contributed by atoms with van der Waals surface area (Å²) in [6.07, 6.45) is 14.5. The summed E-state index contributed by atoms with van der Waals surface area (Å²) in [7, 11) is 0. The van der Waals surface area contributed by atoms with Gasteiger partial charge in [-0.25, -0.2) is 0 Å². The summed E-state index contributed by atoms with van der Waals surface area (Å²) in [5.74, 6) is 2.58. The first-order valence-electron chi connectivity index (χ1n) is 9.06. The van der Waals surface area contributed by atoms with Gasteiger partial charge >= 0.3 is 0 Å². The molecule has 0 bridgehead atoms. The monoisotopic (exact) mass is 294 g/mol. The third kappa shape index (κ3) is 14.1. The van der Waals surface area contributed by atoms with Crippen molar-refractivity contribution < 1.29 is 4.79 Å². The van der Waals surface area contributed by atoms with E-state index in [9.17, 15) is 4.79 Å². The van der Waals surface area contributed by atoms with E-state index in [0.717, 1.165) is 30.5 Å². The van der Waals surface area contributed by atoms with Crippen LogP contribution in [0.4, 0.5) is 0 Å². The first-order chi connectivity index (χ1) is 9.95. The van der Waals surface area contributed by atoms with Gasteiger partial charge in [-0.1, -0.05) is 78.2 Å². The van der Waals surface area contributed by atoms with Crippen molar-refractivity contribution in [2.45, 2.75) is 92.4 Å². The van der Waals surface area contributed by atoms with Crippen LogP contribution in [0.15, 0.2) is 11.6 Å². The molecule has 0 aliphatic carbocycles. The summed E-state index contributed by atoms with van der Waals surface area (Å²) in [5, 5.41) is 0. The van der Waals surface area contributed by atoms with Crippen molar-refractivity contribution in [3.05, 3.63) is 11.6 Å². The summed E-state index contributed by atoms with van der Waals surface area (Å²) in [4.78, 5) is 10.4. The fourth-order valence-corrected chi connectivity index (χ4v) is 2.91. The lowest BCUT2D eigenvalue weighted by Crippen LogP contribution is -2.00. The van der Waals surface area contributed by atoms with Crippen molar-refractivity contribution in [1.82, 2.24) is 0 Å². The minimum Gasteiger partial charge on any atom is -0.299 e. The Morgan fingerprint density at radius 3 is 1.76 bits per heavy atom. The highest BCUT2D eigenvalue weighted by Gasteiger charge is 2.06. The maximum atomic E-state index is 10.4. The van der Waals surface area contributed by atoms with Crippen LogP contribution in [0.3, 0.4) is 0 Å². The zero-order valence-corrected chi connectivity index (χ0v) is 15.2. The normalized spacial score (nSPS) is 15.2. The third-order valence-electron chi connectivity index (χ3n) is 4.49. The third-order valence-corrected chi connectivity index (χ3v) is 4.49. The lowest BCUT2D eigenvalue weighted by molar-refractivity contribution is -0.104. The fourth-order valence-electron chi connectivity index (χ4n) is 2.91. The van der Waals surface area contributed by atoms with E-state index in [0.29, 0.717) is 0 Å². The molecule has 124 valence electrons. The molecule has 1 heteroatoms. The number of aldehydes is 1. The number of rotatable bonds is 13. The summed E-state index contributed by atoms with van der Waals surface area (Å²) < 4.78 is 0. The Balaban J connectivity index is 3.54. The predicted molar refractivity (Wildman–Crippen MR) is 94.5 cm³/mol. The molecule has 0 saturated carbocycles. The van der Waals surface area contributed by atoms with Gasteiger partial charge in [-0.3, -0.25) is 4.79 Å². The molecule has 0 aliphatic rings. The SMILES string of the molecule is CC(=CC=O)CCCC(C)CCCC(C)CCCC(C)C. The molecule has 0 spiro atoms. The standard InChI is InChI=1S/C20H38O/c1-17(2)9-6-10-18(3)11-7-12-19(4)13-8-14-20(5)15-16-21/h15-19H,6-14H2,1-5H3. The maximum Gasteiger partial charge on any atom is 0.142 e. The van der Waals surface area contributed by atoms with Crippen LogP contribution in [0, 0.1) is 17.8 Å². The molecule has 2 unspecified atom stereocenters. The van der Waals surface area contributed by atoms with E-state index in [2.05, 4.69) is 34.6 Å². The number of hydrogen-bond acceptors (Lipinski definition) is 1. The van der Waals surface area contributed by atoms with Gasteiger partial charge < -0.3 is 0 Å². The van der Waals surface area contributed by atoms with Crippen LogP contribution < -0.4 is 0 Å². The summed E-state index contributed by atoms with van der Waals surface area (Å²) in [6.45, 7) is 11.5. The second kappa shape index (κ2) is 13.1. The molecule has 2 atom stereocenters. The van der Waals surface area contributed by atoms with Crippen molar-refractivity contribution in [1.29, 1.82) is 0 Å². The molecule has 21 heavy (non-hydrogen) atoms. The second-order valence-electron chi connectivity index (χ2n) is 7.51. The van der Waals surface area contributed by atoms with Crippen LogP contribution in [0.5, 0.6) is 0 Å². The molecular weight excluding hydrogens is 256 g/mol. The molecule has 0 saturated heterocycles. The fraction of sp³-hybridized carbons (Fsp3) is 0.850. The molecule has 0 aromatic heterocycles. The van der Waals surface area contributed by atoms with E-state index in [1.807, 2.05) is 0 Å². The Bertz CT molecular complexity index is 278. The van der Waals surface area contributed by atoms with Crippen LogP contribution in [-0.2, 0) is 4.79 Å². The smallest absolute Gasteiger partial charge is 0.142 e. The molecule has 1 nitrogen and oxygen atoms in total. The Morgan fingerprint density at radius 1 is 0.810 bits per heavy atom. The van der Waals surface area contributed by atoms with E-state index < -0.39 is 0 Å². The minimum absolute atomic E-state index is 0.830. The van der Waals surface area contributed by atoms with E-state index in [4.69, 9.17) is 0 Å². The van der Waals surface area contributed by atoms with Gasteiger partial charge in [0.15, 0.2) is 0 Å². The Hall–Kier alpha value is -0.590. The molecule has 0 N–H and O–H groups in total. The highest BCUT2D eigenvalue weighted by molar-refractivity contribution is 5.65. The van der Waals surface area contributed by atoms with E-state index >= 15 is 0 Å². The van der Waals surface area contributed by atoms with Gasteiger partial charge in [0.05, 0.1) is 0 Å². The first kappa shape index (κ1) is 20.4. The predicted octanol–water partition coefficient (Wildman–Crippen LogP) is 6.57. The molecule has 0 fully saturated rings. The summed E-state index contributed by atoms with van der Waals surface area (Å²) in [6, 6.07) is 0. The van der Waals surface area contributed by atoms with Crippen molar-refractivity contribution >= 4 is 6.29 Å². The Labute approximate surface area is 133 Å². The zero-order valence-electron chi connectivity index (χ0n) is 15.2. The van der Waals surface area contributed by atoms with E-state index in [1.54, 1.807) is 6.08 Å². The molecule has 0 aromatic carbocycles. The van der Waals surface area contributed by atoms with Gasteiger partial charge in [0.25, 0.3) is 0 Å². The maximum absolute atomic E-state index is 10.4. The van der Waals surface area contributed by atoms with Crippen LogP contribution in [0.25, 0.3) is 0 Å². The van der Waals surface area contributed by atoms with Crippen LogP contribution in [-0.4, -0.2) is 6.29 Å². The van der Waals surface area contributed by atoms with Crippen LogP contribution in [0.2, 0.25) is 0 Å². The zero-order chi connectivity index (χ0) is 16.1. The highest BCUT2D eigenvalue weighted by Crippen LogP contribution is 2.21. The van der Waals surface area contributed by atoms with Crippen molar-refractivity contribution in [3.63, 3.8) is 0 Å². The summed E-state index contributed by atoms with van der Waals surface area (Å²) >= 11 is 0. The van der Waals surface area contributed by atoms with Crippen molar-refractivity contribution in [2.75, 3.05) is 0 Å². The lowest BCUT2D eigenvalue weighted by Gasteiger charge is -2.15. The van der Waals surface area contributed by atoms with Crippen molar-refractivity contribution in [2.24, 2.45) is 17.8 Å². The first-order valence-corrected chi connectivity index (χ1v) is 9.06. The average molecular weight is 295 g/mol. The van der Waals surface area contributed by atoms with Crippen LogP contribution >= 0.6 is 0 Å². The topological polar surface area (TPSA) is 17.1 Å². The lowest BCUT2D eigenvalue weighted by atomic mass is 9.91. The Morgan fingerprint density at radius 2 is 1.29 bits per heavy atom. The van der Waals surface area contributed by atoms with Gasteiger partial charge in [0.2, 0.25) is 0 Å². The largest absolute Gasteiger partial charge is 0.299 e. The van der Waals surface area contributed by atoms with Crippen molar-refractivity contribution in [3.8, 4) is 0 Å². The molecule has 0 aromatic rings. The quantitative estimate of drug-likeness (QED) is 0.277.